The Morgan fingerprint density at radius 3 is 2.95 bits per heavy atom. The monoisotopic (exact) mass is 307 g/mol. The van der Waals surface area contributed by atoms with Gasteiger partial charge in [-0.1, -0.05) is 11.3 Å². The van der Waals surface area contributed by atoms with Gasteiger partial charge in [0.1, 0.15) is 11.3 Å². The Hall–Kier alpha value is -2.06. The molecular weight excluding hydrogens is 290 g/mol. The van der Waals surface area contributed by atoms with E-state index >= 15 is 0 Å². The summed E-state index contributed by atoms with van der Waals surface area (Å²) in [7, 11) is 1.93. The molecule has 0 aliphatic rings. The van der Waals surface area contributed by atoms with Crippen molar-refractivity contribution in [2.24, 2.45) is 0 Å². The maximum absolute atomic E-state index is 12.0. The summed E-state index contributed by atoms with van der Waals surface area (Å²) in [5.41, 5.74) is 2.04. The Morgan fingerprint density at radius 1 is 1.48 bits per heavy atom. The predicted molar refractivity (Wildman–Crippen MR) is 81.9 cm³/mol. The molecule has 2 heterocycles. The fraction of sp³-hybridized carbons (Fsp3) is 0.385. The highest BCUT2D eigenvalue weighted by molar-refractivity contribution is 7.13. The van der Waals surface area contributed by atoms with E-state index in [2.05, 4.69) is 20.5 Å². The molecular formula is C13H17N5O2S. The summed E-state index contributed by atoms with van der Waals surface area (Å²) in [6.45, 7) is 4.06. The van der Waals surface area contributed by atoms with Gasteiger partial charge in [0, 0.05) is 26.4 Å². The van der Waals surface area contributed by atoms with Crippen molar-refractivity contribution in [1.29, 1.82) is 0 Å². The van der Waals surface area contributed by atoms with E-state index in [9.17, 15) is 4.79 Å². The molecule has 2 aromatic rings. The zero-order chi connectivity index (χ0) is 15.1. The number of amides is 1. The third-order valence-corrected chi connectivity index (χ3v) is 3.36. The molecule has 2 rings (SSSR count). The van der Waals surface area contributed by atoms with Crippen molar-refractivity contribution < 1.29 is 9.53 Å². The van der Waals surface area contributed by atoms with Gasteiger partial charge >= 0.3 is 0 Å². The number of hydrogen-bond donors (Lipinski definition) is 1. The van der Waals surface area contributed by atoms with Gasteiger partial charge in [-0.2, -0.15) is 0 Å². The number of aromatic nitrogens is 3. The van der Waals surface area contributed by atoms with Crippen LogP contribution in [0.25, 0.3) is 0 Å². The average Bonchev–Trinajstić information content (AvgIpc) is 3.00. The quantitative estimate of drug-likeness (QED) is 0.784. The minimum absolute atomic E-state index is 0.247. The van der Waals surface area contributed by atoms with E-state index in [-0.39, 0.29) is 5.91 Å². The molecule has 112 valence electrons. The first-order chi connectivity index (χ1) is 10.2. The first kappa shape index (κ1) is 15.3. The molecule has 7 nitrogen and oxygen atoms in total. The number of ether oxygens (including phenoxy) is 1. The zero-order valence-corrected chi connectivity index (χ0v) is 12.8. The van der Waals surface area contributed by atoms with Gasteiger partial charge in [-0.25, -0.2) is 4.98 Å². The van der Waals surface area contributed by atoms with Gasteiger partial charge in [-0.05, 0) is 19.1 Å². The maximum atomic E-state index is 12.0. The molecule has 0 radical (unpaired) electrons. The molecule has 0 fully saturated rings. The third kappa shape index (κ3) is 4.47. The molecule has 8 heteroatoms. The number of pyridine rings is 1. The van der Waals surface area contributed by atoms with Crippen LogP contribution in [0.4, 0.5) is 10.9 Å². The third-order valence-electron chi connectivity index (χ3n) is 2.76. The Labute approximate surface area is 127 Å². The van der Waals surface area contributed by atoms with Crippen molar-refractivity contribution in [1.82, 2.24) is 15.2 Å². The summed E-state index contributed by atoms with van der Waals surface area (Å²) in [6, 6.07) is 3.54. The van der Waals surface area contributed by atoms with Gasteiger partial charge < -0.3 is 9.64 Å². The molecule has 1 N–H and O–H groups in total. The molecule has 0 aliphatic heterocycles. The van der Waals surface area contributed by atoms with Crippen LogP contribution in [0, 0.1) is 0 Å². The van der Waals surface area contributed by atoms with Crippen molar-refractivity contribution in [3.8, 4) is 0 Å². The van der Waals surface area contributed by atoms with Crippen molar-refractivity contribution in [3.05, 3.63) is 29.4 Å². The first-order valence-electron chi connectivity index (χ1n) is 6.53. The predicted octanol–water partition coefficient (Wildman–Crippen LogP) is 1.66. The standard InChI is InChI=1S/C13H17N5O2S/c1-3-20-7-6-18(2)11-5-4-10(8-14-11)12(19)16-13-17-15-9-21-13/h4-5,8-9H,3,6-7H2,1-2H3,(H,16,17,19). The first-order valence-corrected chi connectivity index (χ1v) is 7.41. The molecule has 2 aromatic heterocycles. The molecule has 0 saturated carbocycles. The van der Waals surface area contributed by atoms with E-state index in [1.807, 2.05) is 18.9 Å². The molecule has 0 saturated heterocycles. The molecule has 0 spiro atoms. The number of hydrogen-bond acceptors (Lipinski definition) is 7. The summed E-state index contributed by atoms with van der Waals surface area (Å²) in [5.74, 6) is 0.546. The second-order valence-corrected chi connectivity index (χ2v) is 5.05. The van der Waals surface area contributed by atoms with Gasteiger partial charge in [0.2, 0.25) is 5.13 Å². The van der Waals surface area contributed by atoms with Crippen LogP contribution in [0.15, 0.2) is 23.8 Å². The Balaban J connectivity index is 1.93. The summed E-state index contributed by atoms with van der Waals surface area (Å²) < 4.78 is 5.30. The Morgan fingerprint density at radius 2 is 2.33 bits per heavy atom. The highest BCUT2D eigenvalue weighted by Crippen LogP contribution is 2.13. The topological polar surface area (TPSA) is 80.2 Å². The van der Waals surface area contributed by atoms with Crippen molar-refractivity contribution >= 4 is 28.2 Å². The van der Waals surface area contributed by atoms with E-state index in [1.165, 1.54) is 11.3 Å². The van der Waals surface area contributed by atoms with E-state index in [1.54, 1.807) is 23.8 Å². The molecule has 0 bridgehead atoms. The van der Waals surface area contributed by atoms with Crippen LogP contribution < -0.4 is 10.2 Å². The van der Waals surface area contributed by atoms with Gasteiger partial charge in [-0.15, -0.1) is 10.2 Å². The van der Waals surface area contributed by atoms with E-state index in [0.29, 0.717) is 23.9 Å². The summed E-state index contributed by atoms with van der Waals surface area (Å²) in [4.78, 5) is 18.2. The highest BCUT2D eigenvalue weighted by Gasteiger charge is 2.09. The lowest BCUT2D eigenvalue weighted by Gasteiger charge is -2.17. The van der Waals surface area contributed by atoms with E-state index in [4.69, 9.17) is 4.74 Å². The number of rotatable bonds is 7. The van der Waals surface area contributed by atoms with Crippen LogP contribution >= 0.6 is 11.3 Å². The zero-order valence-electron chi connectivity index (χ0n) is 11.9. The van der Waals surface area contributed by atoms with Gasteiger partial charge in [0.25, 0.3) is 5.91 Å². The SMILES string of the molecule is CCOCCN(C)c1ccc(C(=O)Nc2nncs2)cn1. The fourth-order valence-electron chi connectivity index (χ4n) is 1.60. The maximum Gasteiger partial charge on any atom is 0.259 e. The second kappa shape index (κ2) is 7.65. The summed E-state index contributed by atoms with van der Waals surface area (Å²) in [5, 5.41) is 10.6. The Kier molecular flexibility index (Phi) is 5.59. The number of nitrogens with one attached hydrogen (secondary N) is 1. The van der Waals surface area contributed by atoms with Gasteiger partial charge in [0.15, 0.2) is 0 Å². The van der Waals surface area contributed by atoms with Crippen LogP contribution in [-0.2, 0) is 4.74 Å². The largest absolute Gasteiger partial charge is 0.380 e. The molecule has 21 heavy (non-hydrogen) atoms. The van der Waals surface area contributed by atoms with Crippen LogP contribution in [0.2, 0.25) is 0 Å². The number of nitrogens with zero attached hydrogens (tertiary/aromatic N) is 4. The number of anilines is 2. The van der Waals surface area contributed by atoms with Crippen molar-refractivity contribution in [2.45, 2.75) is 6.92 Å². The lowest BCUT2D eigenvalue weighted by molar-refractivity contribution is 0.102. The fourth-order valence-corrected chi connectivity index (χ4v) is 2.04. The van der Waals surface area contributed by atoms with Crippen LogP contribution in [-0.4, -0.2) is 47.9 Å². The molecule has 0 atom stereocenters. The minimum atomic E-state index is -0.247. The van der Waals surface area contributed by atoms with Crippen LogP contribution in [0.3, 0.4) is 0 Å². The second-order valence-electron chi connectivity index (χ2n) is 4.22. The molecule has 0 aromatic carbocycles. The van der Waals surface area contributed by atoms with Crippen LogP contribution in [0.1, 0.15) is 17.3 Å². The van der Waals surface area contributed by atoms with Crippen LogP contribution in [0.5, 0.6) is 0 Å². The lowest BCUT2D eigenvalue weighted by Crippen LogP contribution is -2.23. The summed E-state index contributed by atoms with van der Waals surface area (Å²) in [6.07, 6.45) is 1.54. The number of likely N-dealkylation sites (N-methyl/N-ethyl adjacent to an activating group) is 1. The summed E-state index contributed by atoms with van der Waals surface area (Å²) >= 11 is 1.27. The van der Waals surface area contributed by atoms with Gasteiger partial charge in [-0.3, -0.25) is 10.1 Å². The highest BCUT2D eigenvalue weighted by atomic mass is 32.1. The minimum Gasteiger partial charge on any atom is -0.380 e. The van der Waals surface area contributed by atoms with E-state index in [0.717, 1.165) is 12.4 Å². The number of carbonyl (C=O) groups is 1. The van der Waals surface area contributed by atoms with Gasteiger partial charge in [0.05, 0.1) is 12.2 Å². The number of carbonyl (C=O) groups excluding carboxylic acids is 1. The van der Waals surface area contributed by atoms with Crippen molar-refractivity contribution in [2.75, 3.05) is 37.0 Å². The lowest BCUT2D eigenvalue weighted by atomic mass is 10.2. The Bertz CT molecular complexity index is 558. The smallest absolute Gasteiger partial charge is 0.259 e. The molecule has 0 aliphatic carbocycles. The van der Waals surface area contributed by atoms with E-state index < -0.39 is 0 Å². The average molecular weight is 307 g/mol. The normalized spacial score (nSPS) is 10.4. The van der Waals surface area contributed by atoms with Crippen molar-refractivity contribution in [3.63, 3.8) is 0 Å². The molecule has 0 unspecified atom stereocenters. The molecule has 1 amide bonds.